The highest BCUT2D eigenvalue weighted by molar-refractivity contribution is 7.80. The normalized spacial score (nSPS) is 13.1. The first-order chi connectivity index (χ1) is 10.8. The quantitative estimate of drug-likeness (QED) is 0.851. The van der Waals surface area contributed by atoms with Gasteiger partial charge in [-0.15, -0.1) is 0 Å². The molecule has 0 bridgehead atoms. The van der Waals surface area contributed by atoms with Crippen LogP contribution >= 0.6 is 12.2 Å². The zero-order chi connectivity index (χ0) is 15.2. The maximum absolute atomic E-state index is 5.67. The summed E-state index contributed by atoms with van der Waals surface area (Å²) in [6, 6.07) is 15.9. The summed E-state index contributed by atoms with van der Waals surface area (Å²) in [6.45, 7) is 2.06. The molecule has 2 aromatic carbocycles. The van der Waals surface area contributed by atoms with Crippen LogP contribution in [-0.2, 0) is 6.54 Å². The van der Waals surface area contributed by atoms with Crippen molar-refractivity contribution in [2.24, 2.45) is 0 Å². The van der Waals surface area contributed by atoms with E-state index in [0.29, 0.717) is 24.9 Å². The average molecular weight is 314 g/mol. The Morgan fingerprint density at radius 3 is 2.59 bits per heavy atom. The molecule has 2 N–H and O–H groups in total. The first-order valence-corrected chi connectivity index (χ1v) is 7.70. The van der Waals surface area contributed by atoms with Gasteiger partial charge in [0.05, 0.1) is 13.2 Å². The summed E-state index contributed by atoms with van der Waals surface area (Å²) in [5.41, 5.74) is 2.07. The summed E-state index contributed by atoms with van der Waals surface area (Å²) in [5.74, 6) is 1.54. The number of benzene rings is 2. The van der Waals surface area contributed by atoms with Gasteiger partial charge in [-0.05, 0) is 29.9 Å². The molecule has 0 amide bonds. The monoisotopic (exact) mass is 314 g/mol. The van der Waals surface area contributed by atoms with E-state index in [1.807, 2.05) is 36.4 Å². The van der Waals surface area contributed by atoms with Crippen molar-refractivity contribution < 1.29 is 9.47 Å². The third-order valence-corrected chi connectivity index (χ3v) is 3.55. The molecule has 1 heterocycles. The fourth-order valence-electron chi connectivity index (χ4n) is 2.19. The predicted octanol–water partition coefficient (Wildman–Crippen LogP) is 3.33. The molecule has 5 heteroatoms. The lowest BCUT2D eigenvalue weighted by atomic mass is 10.2. The Morgan fingerprint density at radius 2 is 1.77 bits per heavy atom. The molecule has 0 atom stereocenters. The molecule has 0 saturated heterocycles. The van der Waals surface area contributed by atoms with Gasteiger partial charge >= 0.3 is 0 Å². The van der Waals surface area contributed by atoms with Crippen LogP contribution in [0.2, 0.25) is 0 Å². The van der Waals surface area contributed by atoms with Gasteiger partial charge in [0, 0.05) is 24.7 Å². The molecule has 1 aliphatic heterocycles. The Hall–Kier alpha value is -2.27. The van der Waals surface area contributed by atoms with Gasteiger partial charge in [-0.1, -0.05) is 30.3 Å². The second-order valence-electron chi connectivity index (χ2n) is 5.01. The highest BCUT2D eigenvalue weighted by Crippen LogP contribution is 2.32. The molecule has 0 saturated carbocycles. The maximum Gasteiger partial charge on any atom is 0.171 e. The number of ether oxygens (including phenoxy) is 2. The molecule has 0 unspecified atom stereocenters. The third-order valence-electron chi connectivity index (χ3n) is 3.30. The van der Waals surface area contributed by atoms with Crippen LogP contribution in [-0.4, -0.2) is 18.3 Å². The minimum atomic E-state index is 0.582. The molecular weight excluding hydrogens is 296 g/mol. The Bertz CT molecular complexity index is 646. The minimum absolute atomic E-state index is 0.582. The Kier molecular flexibility index (Phi) is 4.75. The van der Waals surface area contributed by atoms with Gasteiger partial charge in [0.25, 0.3) is 0 Å². The van der Waals surface area contributed by atoms with Gasteiger partial charge in [0.2, 0.25) is 0 Å². The van der Waals surface area contributed by atoms with Gasteiger partial charge in [0.1, 0.15) is 0 Å². The molecule has 3 rings (SSSR count). The van der Waals surface area contributed by atoms with Crippen LogP contribution in [0.5, 0.6) is 11.5 Å². The first kappa shape index (κ1) is 14.7. The number of thiocarbonyl (C=S) groups is 1. The van der Waals surface area contributed by atoms with E-state index in [1.54, 1.807) is 0 Å². The van der Waals surface area contributed by atoms with E-state index >= 15 is 0 Å². The van der Waals surface area contributed by atoms with Crippen LogP contribution in [0.25, 0.3) is 0 Å². The number of hydrogen-bond donors (Lipinski definition) is 2. The van der Waals surface area contributed by atoms with Crippen molar-refractivity contribution in [1.29, 1.82) is 0 Å². The highest BCUT2D eigenvalue weighted by atomic mass is 32.1. The van der Waals surface area contributed by atoms with Crippen LogP contribution in [0.3, 0.4) is 0 Å². The standard InChI is InChI=1S/C17H18N2O2S/c22-17(18-12-13-5-2-1-3-6-13)19-14-7-8-15-16(11-14)21-10-4-9-20-15/h1-3,5-8,11H,4,9-10,12H2,(H2,18,19,22). The second kappa shape index (κ2) is 7.13. The zero-order valence-corrected chi connectivity index (χ0v) is 13.0. The lowest BCUT2D eigenvalue weighted by molar-refractivity contribution is 0.297. The maximum atomic E-state index is 5.67. The van der Waals surface area contributed by atoms with Gasteiger partial charge in [0.15, 0.2) is 16.6 Å². The number of anilines is 1. The van der Waals surface area contributed by atoms with Crippen LogP contribution in [0.4, 0.5) is 5.69 Å². The molecule has 114 valence electrons. The Balaban J connectivity index is 1.58. The lowest BCUT2D eigenvalue weighted by Crippen LogP contribution is -2.27. The Morgan fingerprint density at radius 1 is 1.00 bits per heavy atom. The number of rotatable bonds is 3. The average Bonchev–Trinajstić information content (AvgIpc) is 2.79. The van der Waals surface area contributed by atoms with E-state index < -0.39 is 0 Å². The fourth-order valence-corrected chi connectivity index (χ4v) is 2.38. The summed E-state index contributed by atoms with van der Waals surface area (Å²) in [7, 11) is 0. The number of hydrogen-bond acceptors (Lipinski definition) is 3. The summed E-state index contributed by atoms with van der Waals surface area (Å²) >= 11 is 5.32. The van der Waals surface area contributed by atoms with E-state index in [1.165, 1.54) is 5.56 Å². The first-order valence-electron chi connectivity index (χ1n) is 7.30. The smallest absolute Gasteiger partial charge is 0.171 e. The van der Waals surface area contributed by atoms with Crippen molar-refractivity contribution in [1.82, 2.24) is 5.32 Å². The highest BCUT2D eigenvalue weighted by Gasteiger charge is 2.11. The lowest BCUT2D eigenvalue weighted by Gasteiger charge is -2.13. The zero-order valence-electron chi connectivity index (χ0n) is 12.2. The molecule has 0 fully saturated rings. The van der Waals surface area contributed by atoms with Crippen LogP contribution in [0.15, 0.2) is 48.5 Å². The van der Waals surface area contributed by atoms with Gasteiger partial charge in [-0.3, -0.25) is 0 Å². The van der Waals surface area contributed by atoms with Gasteiger partial charge in [-0.25, -0.2) is 0 Å². The van der Waals surface area contributed by atoms with Crippen LogP contribution < -0.4 is 20.1 Å². The molecule has 22 heavy (non-hydrogen) atoms. The molecule has 0 aromatic heterocycles. The van der Waals surface area contributed by atoms with Crippen molar-refractivity contribution >= 4 is 23.0 Å². The second-order valence-corrected chi connectivity index (χ2v) is 5.41. The summed E-state index contributed by atoms with van der Waals surface area (Å²) < 4.78 is 11.3. The van der Waals surface area contributed by atoms with Gasteiger partial charge in [-0.2, -0.15) is 0 Å². The van der Waals surface area contributed by atoms with Crippen LogP contribution in [0, 0.1) is 0 Å². The molecule has 2 aromatic rings. The molecule has 0 spiro atoms. The Labute approximate surface area is 135 Å². The van der Waals surface area contributed by atoms with E-state index in [9.17, 15) is 0 Å². The molecule has 0 radical (unpaired) electrons. The van der Waals surface area contributed by atoms with E-state index in [-0.39, 0.29) is 0 Å². The summed E-state index contributed by atoms with van der Waals surface area (Å²) in [6.07, 6.45) is 0.897. The van der Waals surface area contributed by atoms with Crippen molar-refractivity contribution in [3.63, 3.8) is 0 Å². The van der Waals surface area contributed by atoms with Crippen molar-refractivity contribution in [3.05, 3.63) is 54.1 Å². The third kappa shape index (κ3) is 3.89. The number of fused-ring (bicyclic) bond motifs is 1. The van der Waals surface area contributed by atoms with E-state index in [4.69, 9.17) is 21.7 Å². The van der Waals surface area contributed by atoms with Crippen molar-refractivity contribution in [2.75, 3.05) is 18.5 Å². The van der Waals surface area contributed by atoms with Gasteiger partial charge < -0.3 is 20.1 Å². The van der Waals surface area contributed by atoms with Crippen LogP contribution in [0.1, 0.15) is 12.0 Å². The summed E-state index contributed by atoms with van der Waals surface area (Å²) in [5, 5.41) is 6.94. The topological polar surface area (TPSA) is 42.5 Å². The predicted molar refractivity (Wildman–Crippen MR) is 91.6 cm³/mol. The molecule has 4 nitrogen and oxygen atoms in total. The number of nitrogens with one attached hydrogen (secondary N) is 2. The molecule has 1 aliphatic rings. The van der Waals surface area contributed by atoms with Crippen molar-refractivity contribution in [2.45, 2.75) is 13.0 Å². The molecular formula is C17H18N2O2S. The SMILES string of the molecule is S=C(NCc1ccccc1)Nc1ccc2c(c1)OCCCO2. The van der Waals surface area contributed by atoms with Crippen molar-refractivity contribution in [3.8, 4) is 11.5 Å². The summed E-state index contributed by atoms with van der Waals surface area (Å²) in [4.78, 5) is 0. The largest absolute Gasteiger partial charge is 0.490 e. The minimum Gasteiger partial charge on any atom is -0.490 e. The fraction of sp³-hybridized carbons (Fsp3) is 0.235. The van der Waals surface area contributed by atoms with E-state index in [0.717, 1.165) is 23.6 Å². The van der Waals surface area contributed by atoms with E-state index in [2.05, 4.69) is 22.8 Å². The molecule has 0 aliphatic carbocycles.